The molecule has 0 heterocycles. The van der Waals surface area contributed by atoms with E-state index in [4.69, 9.17) is 14.2 Å². The van der Waals surface area contributed by atoms with Gasteiger partial charge in [-0.2, -0.15) is 0 Å². The second-order valence-electron chi connectivity index (χ2n) is 6.29. The van der Waals surface area contributed by atoms with Gasteiger partial charge in [0.25, 0.3) is 0 Å². The maximum atomic E-state index is 12.7. The minimum absolute atomic E-state index is 0.0354. The van der Waals surface area contributed by atoms with Crippen LogP contribution in [0.25, 0.3) is 0 Å². The number of halogens is 5. The predicted molar refractivity (Wildman–Crippen MR) is 101 cm³/mol. The molecule has 0 unspecified atom stereocenters. The van der Waals surface area contributed by atoms with Gasteiger partial charge in [0.15, 0.2) is 11.5 Å². The third-order valence-electron chi connectivity index (χ3n) is 3.61. The molecule has 0 saturated heterocycles. The zero-order valence-electron chi connectivity index (χ0n) is 15.8. The lowest BCUT2D eigenvalue weighted by Gasteiger charge is -2.40. The van der Waals surface area contributed by atoms with Crippen molar-refractivity contribution in [3.05, 3.63) is 59.7 Å². The quantitative estimate of drug-likeness (QED) is 0.204. The van der Waals surface area contributed by atoms with Crippen molar-refractivity contribution in [2.75, 3.05) is 13.7 Å². The van der Waals surface area contributed by atoms with Gasteiger partial charge in [-0.1, -0.05) is 25.0 Å². The van der Waals surface area contributed by atoms with Crippen molar-refractivity contribution < 1.29 is 38.4 Å². The van der Waals surface area contributed by atoms with Gasteiger partial charge < -0.3 is 14.2 Å². The molecule has 2 aromatic rings. The number of carbonyl (C=O) groups excluding carboxylic acids is 1. The molecule has 2 aromatic carbocycles. The van der Waals surface area contributed by atoms with Crippen LogP contribution < -0.4 is 14.2 Å². The minimum atomic E-state index is -9.78. The van der Waals surface area contributed by atoms with E-state index in [9.17, 15) is 24.2 Å². The normalized spacial score (nSPS) is 13.7. The first-order valence-electron chi connectivity index (χ1n) is 8.20. The summed E-state index contributed by atoms with van der Waals surface area (Å²) in [7, 11) is -8.41. The van der Waals surface area contributed by atoms with Crippen molar-refractivity contribution in [1.29, 1.82) is 0 Å². The monoisotopic (exact) mass is 438 g/mol. The van der Waals surface area contributed by atoms with E-state index in [2.05, 4.69) is 0 Å². The molecule has 29 heavy (non-hydrogen) atoms. The van der Waals surface area contributed by atoms with E-state index in [-0.39, 0.29) is 29.2 Å². The highest BCUT2D eigenvalue weighted by molar-refractivity contribution is 8.45. The van der Waals surface area contributed by atoms with E-state index in [1.54, 1.807) is 0 Å². The molecule has 2 rings (SSSR count). The van der Waals surface area contributed by atoms with Crippen LogP contribution in [0, 0.1) is 0 Å². The molecular weight excluding hydrogens is 419 g/mol. The van der Waals surface area contributed by atoms with Crippen molar-refractivity contribution in [1.82, 2.24) is 0 Å². The first-order chi connectivity index (χ1) is 13.2. The largest absolute Gasteiger partial charge is 0.493 e. The minimum Gasteiger partial charge on any atom is -0.493 e. The van der Waals surface area contributed by atoms with Gasteiger partial charge in [0, 0.05) is 0 Å². The Bertz CT molecular complexity index is 934. The maximum absolute atomic E-state index is 12.7. The summed E-state index contributed by atoms with van der Waals surface area (Å²) in [4.78, 5) is 10.1. The number of carbonyl (C=O) groups is 1. The van der Waals surface area contributed by atoms with Gasteiger partial charge in [0.05, 0.1) is 12.7 Å². The van der Waals surface area contributed by atoms with Crippen LogP contribution >= 0.6 is 10.2 Å². The lowest BCUT2D eigenvalue weighted by Crippen LogP contribution is -2.10. The van der Waals surface area contributed by atoms with E-state index in [0.29, 0.717) is 24.5 Å². The van der Waals surface area contributed by atoms with Crippen LogP contribution in [-0.4, -0.2) is 19.7 Å². The molecule has 0 aromatic heterocycles. The Morgan fingerprint density at radius 1 is 0.966 bits per heavy atom. The fourth-order valence-corrected chi connectivity index (χ4v) is 2.79. The molecule has 0 aliphatic heterocycles. The first-order valence-corrected chi connectivity index (χ1v) is 10.2. The van der Waals surface area contributed by atoms with Gasteiger partial charge in [0.1, 0.15) is 17.3 Å². The van der Waals surface area contributed by atoms with E-state index >= 15 is 0 Å². The lowest BCUT2D eigenvalue weighted by molar-refractivity contribution is 0.0734. The van der Waals surface area contributed by atoms with Gasteiger partial charge in [0.2, 0.25) is 0 Å². The van der Waals surface area contributed by atoms with Gasteiger partial charge in [-0.3, -0.25) is 0 Å². The number of hydrogen-bond donors (Lipinski definition) is 0. The SMILES string of the molecule is COc1cc(C(=O)Oc2ccc(S(F)(F)(F)(F)F)cc2)ccc1OCC=C(C)C. The number of hydrogen-bond acceptors (Lipinski definition) is 4. The Hall–Kier alpha value is -2.75. The Morgan fingerprint density at radius 3 is 2.10 bits per heavy atom. The number of allylic oxidation sites excluding steroid dienone is 1. The summed E-state index contributed by atoms with van der Waals surface area (Å²) in [5.41, 5.74) is 1.09. The molecule has 0 N–H and O–H groups in total. The van der Waals surface area contributed by atoms with Crippen LogP contribution in [0.15, 0.2) is 59.0 Å². The maximum Gasteiger partial charge on any atom is 0.343 e. The highest BCUT2D eigenvalue weighted by Crippen LogP contribution is 3.02. The molecule has 0 aliphatic rings. The van der Waals surface area contributed by atoms with Crippen LogP contribution in [0.3, 0.4) is 0 Å². The standard InChI is InChI=1S/C19H19F5O4S/c1-13(2)10-11-27-17-9-4-14(12-18(17)26-3)19(25)28-15-5-7-16(8-6-15)29(20,21,22,23)24/h4-10,12H,11H2,1-3H3. The van der Waals surface area contributed by atoms with Gasteiger partial charge >= 0.3 is 16.2 Å². The van der Waals surface area contributed by atoms with Crippen LogP contribution in [0.1, 0.15) is 24.2 Å². The van der Waals surface area contributed by atoms with Crippen LogP contribution in [0.2, 0.25) is 0 Å². The van der Waals surface area contributed by atoms with Crippen molar-refractivity contribution in [2.45, 2.75) is 18.7 Å². The van der Waals surface area contributed by atoms with Crippen LogP contribution in [-0.2, 0) is 0 Å². The summed E-state index contributed by atoms with van der Waals surface area (Å²) in [6, 6.07) is 5.84. The fraction of sp³-hybridized carbons (Fsp3) is 0.211. The molecule has 0 bridgehead atoms. The smallest absolute Gasteiger partial charge is 0.343 e. The average molecular weight is 438 g/mol. The molecular formula is C19H19F5O4S. The molecule has 0 fully saturated rings. The molecule has 4 nitrogen and oxygen atoms in total. The van der Waals surface area contributed by atoms with E-state index in [1.165, 1.54) is 25.3 Å². The Balaban J connectivity index is 2.16. The Kier molecular flexibility index (Phi) is 5.64. The summed E-state index contributed by atoms with van der Waals surface area (Å²) in [6.45, 7) is 4.11. The van der Waals surface area contributed by atoms with Crippen molar-refractivity contribution >= 4 is 16.2 Å². The molecule has 0 radical (unpaired) electrons. The number of methoxy groups -OCH3 is 1. The highest BCUT2D eigenvalue weighted by atomic mass is 32.5. The van der Waals surface area contributed by atoms with Gasteiger partial charge in [-0.05, 0) is 62.4 Å². The topological polar surface area (TPSA) is 44.8 Å². The Labute approximate surface area is 164 Å². The summed E-state index contributed by atoms with van der Waals surface area (Å²) in [5.74, 6) is -0.595. The summed E-state index contributed by atoms with van der Waals surface area (Å²) >= 11 is 0. The highest BCUT2D eigenvalue weighted by Gasteiger charge is 2.65. The van der Waals surface area contributed by atoms with Crippen molar-refractivity contribution in [3.63, 3.8) is 0 Å². The molecule has 160 valence electrons. The zero-order valence-corrected chi connectivity index (χ0v) is 16.6. The van der Waals surface area contributed by atoms with E-state index < -0.39 is 21.1 Å². The third kappa shape index (κ3) is 6.38. The molecule has 0 spiro atoms. The second kappa shape index (κ2) is 7.25. The van der Waals surface area contributed by atoms with Crippen LogP contribution in [0.5, 0.6) is 17.2 Å². The third-order valence-corrected chi connectivity index (χ3v) is 4.77. The molecule has 0 amide bonds. The predicted octanol–water partition coefficient (Wildman–Crippen LogP) is 6.92. The first kappa shape index (κ1) is 22.5. The molecule has 10 heteroatoms. The summed E-state index contributed by atoms with van der Waals surface area (Å²) < 4.78 is 79.2. The number of benzene rings is 2. The van der Waals surface area contributed by atoms with Gasteiger partial charge in [-0.25, -0.2) is 4.79 Å². The van der Waals surface area contributed by atoms with Crippen molar-refractivity contribution in [2.24, 2.45) is 0 Å². The number of esters is 1. The van der Waals surface area contributed by atoms with Crippen molar-refractivity contribution in [3.8, 4) is 17.2 Å². The fourth-order valence-electron chi connectivity index (χ4n) is 2.14. The molecule has 0 saturated carbocycles. The molecule has 0 aliphatic carbocycles. The van der Waals surface area contributed by atoms with E-state index in [1.807, 2.05) is 19.9 Å². The van der Waals surface area contributed by atoms with E-state index in [0.717, 1.165) is 5.57 Å². The van der Waals surface area contributed by atoms with Gasteiger partial charge in [-0.15, -0.1) is 0 Å². The molecule has 0 atom stereocenters. The summed E-state index contributed by atoms with van der Waals surface area (Å²) in [6.07, 6.45) is 1.84. The average Bonchev–Trinajstić information content (AvgIpc) is 2.60. The zero-order chi connectivity index (χ0) is 21.9. The Morgan fingerprint density at radius 2 is 1.59 bits per heavy atom. The number of ether oxygens (including phenoxy) is 3. The number of rotatable bonds is 7. The second-order valence-corrected chi connectivity index (χ2v) is 8.70. The summed E-state index contributed by atoms with van der Waals surface area (Å²) in [5, 5.41) is 0. The lowest BCUT2D eigenvalue weighted by atomic mass is 10.2. The van der Waals surface area contributed by atoms with Crippen LogP contribution in [0.4, 0.5) is 19.4 Å².